The van der Waals surface area contributed by atoms with Crippen LogP contribution in [0.4, 0.5) is 0 Å². The second-order valence-electron chi connectivity index (χ2n) is 4.74. The van der Waals surface area contributed by atoms with Crippen molar-refractivity contribution in [3.63, 3.8) is 0 Å². The highest BCUT2D eigenvalue weighted by molar-refractivity contribution is 5.76. The molecule has 1 saturated carbocycles. The van der Waals surface area contributed by atoms with Crippen LogP contribution in [0.15, 0.2) is 30.3 Å². The van der Waals surface area contributed by atoms with Gasteiger partial charge in [0.2, 0.25) is 0 Å². The van der Waals surface area contributed by atoms with E-state index in [1.807, 2.05) is 18.2 Å². The third-order valence-electron chi connectivity index (χ3n) is 3.71. The molecule has 0 amide bonds. The third kappa shape index (κ3) is 2.53. The van der Waals surface area contributed by atoms with Gasteiger partial charge in [0, 0.05) is 0 Å². The average Bonchev–Trinajstić information content (AvgIpc) is 2.82. The van der Waals surface area contributed by atoms with Gasteiger partial charge in [-0.15, -0.1) is 0 Å². The van der Waals surface area contributed by atoms with Gasteiger partial charge in [-0.2, -0.15) is 5.26 Å². The number of benzene rings is 1. The molecule has 3 unspecified atom stereocenters. The van der Waals surface area contributed by atoms with Crippen LogP contribution in [0.3, 0.4) is 0 Å². The number of carbonyl (C=O) groups excluding carboxylic acids is 1. The molecule has 3 nitrogen and oxygen atoms in total. The molecule has 0 heterocycles. The van der Waals surface area contributed by atoms with Crippen molar-refractivity contribution in [2.75, 3.05) is 0 Å². The predicted molar refractivity (Wildman–Crippen MR) is 67.7 cm³/mol. The molecule has 0 saturated heterocycles. The number of para-hydroxylation sites is 1. The smallest absolute Gasteiger partial charge is 0.315 e. The number of esters is 1. The Morgan fingerprint density at radius 1 is 1.39 bits per heavy atom. The number of hydrogen-bond donors (Lipinski definition) is 0. The summed E-state index contributed by atoms with van der Waals surface area (Å²) in [5.74, 6) is 0.135. The van der Waals surface area contributed by atoms with Gasteiger partial charge in [-0.3, -0.25) is 4.79 Å². The van der Waals surface area contributed by atoms with Crippen LogP contribution in [-0.2, 0) is 4.79 Å². The van der Waals surface area contributed by atoms with Crippen LogP contribution in [-0.4, -0.2) is 5.97 Å². The third-order valence-corrected chi connectivity index (χ3v) is 3.71. The van der Waals surface area contributed by atoms with Crippen molar-refractivity contribution in [2.45, 2.75) is 26.2 Å². The maximum atomic E-state index is 12.2. The van der Waals surface area contributed by atoms with E-state index in [4.69, 9.17) is 10.00 Å². The van der Waals surface area contributed by atoms with E-state index < -0.39 is 0 Å². The van der Waals surface area contributed by atoms with E-state index in [0.717, 1.165) is 19.3 Å². The topological polar surface area (TPSA) is 50.1 Å². The molecule has 0 spiro atoms. The first-order chi connectivity index (χ1) is 8.76. The summed E-state index contributed by atoms with van der Waals surface area (Å²) in [6, 6.07) is 11.3. The molecule has 1 aliphatic carbocycles. The average molecular weight is 243 g/mol. The van der Waals surface area contributed by atoms with Crippen molar-refractivity contribution in [3.8, 4) is 11.8 Å². The Balaban J connectivity index is 2.09. The van der Waals surface area contributed by atoms with E-state index in [1.54, 1.807) is 12.1 Å². The van der Waals surface area contributed by atoms with Crippen molar-refractivity contribution >= 4 is 5.97 Å². The molecule has 18 heavy (non-hydrogen) atoms. The van der Waals surface area contributed by atoms with Crippen LogP contribution in [0.5, 0.6) is 5.75 Å². The minimum Gasteiger partial charge on any atom is -0.426 e. The van der Waals surface area contributed by atoms with Gasteiger partial charge in [0.15, 0.2) is 0 Å². The van der Waals surface area contributed by atoms with Gasteiger partial charge in [0.25, 0.3) is 0 Å². The Kier molecular flexibility index (Phi) is 3.99. The first-order valence-corrected chi connectivity index (χ1v) is 6.42. The molecule has 3 atom stereocenters. The zero-order chi connectivity index (χ0) is 13.0. The molecule has 94 valence electrons. The molecule has 1 aromatic carbocycles. The lowest BCUT2D eigenvalue weighted by Crippen LogP contribution is -2.28. The van der Waals surface area contributed by atoms with Crippen molar-refractivity contribution < 1.29 is 9.53 Å². The Labute approximate surface area is 107 Å². The molecule has 0 aromatic heterocycles. The van der Waals surface area contributed by atoms with E-state index in [2.05, 4.69) is 13.0 Å². The number of rotatable bonds is 3. The molecule has 1 aromatic rings. The molecule has 2 rings (SSSR count). The van der Waals surface area contributed by atoms with Crippen molar-refractivity contribution in [3.05, 3.63) is 30.3 Å². The molecule has 0 bridgehead atoms. The summed E-state index contributed by atoms with van der Waals surface area (Å²) >= 11 is 0. The highest BCUT2D eigenvalue weighted by atomic mass is 16.5. The number of nitriles is 1. The largest absolute Gasteiger partial charge is 0.426 e. The van der Waals surface area contributed by atoms with Crippen LogP contribution < -0.4 is 4.74 Å². The molecule has 1 fully saturated rings. The fourth-order valence-corrected chi connectivity index (χ4v) is 2.71. The lowest BCUT2D eigenvalue weighted by Gasteiger charge is -2.18. The molecule has 0 aliphatic heterocycles. The second-order valence-corrected chi connectivity index (χ2v) is 4.74. The number of hydrogen-bond acceptors (Lipinski definition) is 3. The van der Waals surface area contributed by atoms with Gasteiger partial charge in [0.05, 0.1) is 17.9 Å². The summed E-state index contributed by atoms with van der Waals surface area (Å²) in [6.45, 7) is 2.06. The molecular weight excluding hydrogens is 226 g/mol. The van der Waals surface area contributed by atoms with E-state index in [9.17, 15) is 4.79 Å². The van der Waals surface area contributed by atoms with E-state index >= 15 is 0 Å². The Hall–Kier alpha value is -1.82. The van der Waals surface area contributed by atoms with Gasteiger partial charge < -0.3 is 4.74 Å². The van der Waals surface area contributed by atoms with E-state index in [1.165, 1.54) is 0 Å². The fourth-order valence-electron chi connectivity index (χ4n) is 2.71. The van der Waals surface area contributed by atoms with Gasteiger partial charge in [0.1, 0.15) is 5.75 Å². The van der Waals surface area contributed by atoms with Crippen LogP contribution in [0, 0.1) is 29.1 Å². The van der Waals surface area contributed by atoms with Crippen molar-refractivity contribution in [2.24, 2.45) is 17.8 Å². The van der Waals surface area contributed by atoms with E-state index in [-0.39, 0.29) is 23.7 Å². The van der Waals surface area contributed by atoms with Crippen LogP contribution in [0.1, 0.15) is 26.2 Å². The minimum absolute atomic E-state index is 0.189. The normalized spacial score (nSPS) is 26.6. The van der Waals surface area contributed by atoms with Crippen LogP contribution in [0.2, 0.25) is 0 Å². The van der Waals surface area contributed by atoms with Crippen LogP contribution >= 0.6 is 0 Å². The summed E-state index contributed by atoms with van der Waals surface area (Å²) in [6.07, 6.45) is 2.68. The standard InChI is InChI=1S/C15H17NO2/c1-2-11-8-9-12(10-16)14(11)15(17)18-13-6-4-3-5-7-13/h3-7,11-12,14H,2,8-9H2,1H3. The van der Waals surface area contributed by atoms with Gasteiger partial charge in [-0.25, -0.2) is 0 Å². The predicted octanol–water partition coefficient (Wildman–Crippen LogP) is 3.17. The maximum absolute atomic E-state index is 12.2. The molecular formula is C15H17NO2. The van der Waals surface area contributed by atoms with Crippen molar-refractivity contribution in [1.29, 1.82) is 5.26 Å². The summed E-state index contributed by atoms with van der Waals surface area (Å²) in [5.41, 5.74) is 0. The Morgan fingerprint density at radius 2 is 2.11 bits per heavy atom. The first kappa shape index (κ1) is 12.6. The van der Waals surface area contributed by atoms with Gasteiger partial charge in [-0.05, 0) is 30.9 Å². The second kappa shape index (κ2) is 5.68. The number of nitrogens with zero attached hydrogens (tertiary/aromatic N) is 1. The zero-order valence-corrected chi connectivity index (χ0v) is 10.5. The monoisotopic (exact) mass is 243 g/mol. The first-order valence-electron chi connectivity index (χ1n) is 6.42. The molecule has 3 heteroatoms. The summed E-state index contributed by atoms with van der Waals surface area (Å²) in [5, 5.41) is 9.11. The molecule has 1 aliphatic rings. The lowest BCUT2D eigenvalue weighted by atomic mass is 9.88. The highest BCUT2D eigenvalue weighted by Crippen LogP contribution is 2.39. The van der Waals surface area contributed by atoms with Crippen LogP contribution in [0.25, 0.3) is 0 Å². The quantitative estimate of drug-likeness (QED) is 0.605. The molecule has 0 N–H and O–H groups in total. The Bertz CT molecular complexity index is 449. The maximum Gasteiger partial charge on any atom is 0.315 e. The van der Waals surface area contributed by atoms with Crippen molar-refractivity contribution in [1.82, 2.24) is 0 Å². The summed E-state index contributed by atoms with van der Waals surface area (Å²) in [7, 11) is 0. The SMILES string of the molecule is CCC1CCC(C#N)C1C(=O)Oc1ccccc1. The minimum atomic E-state index is -0.264. The molecule has 0 radical (unpaired) electrons. The number of carbonyl (C=O) groups is 1. The van der Waals surface area contributed by atoms with E-state index in [0.29, 0.717) is 5.75 Å². The Morgan fingerprint density at radius 3 is 2.72 bits per heavy atom. The fraction of sp³-hybridized carbons (Fsp3) is 0.467. The zero-order valence-electron chi connectivity index (χ0n) is 10.5. The van der Waals surface area contributed by atoms with Gasteiger partial charge in [-0.1, -0.05) is 31.5 Å². The summed E-state index contributed by atoms with van der Waals surface area (Å²) < 4.78 is 5.37. The van der Waals surface area contributed by atoms with Gasteiger partial charge >= 0.3 is 5.97 Å². The highest BCUT2D eigenvalue weighted by Gasteiger charge is 2.41. The summed E-state index contributed by atoms with van der Waals surface area (Å²) in [4.78, 5) is 12.2. The lowest BCUT2D eigenvalue weighted by molar-refractivity contribution is -0.141. The number of ether oxygens (including phenoxy) is 1.